The molecule has 0 radical (unpaired) electrons. The third-order valence-corrected chi connectivity index (χ3v) is 5.42. The summed E-state index contributed by atoms with van der Waals surface area (Å²) in [4.78, 5) is 36.7. The standard InChI is InChI=1S/C26H25BrN4O5/c1-3-17-6-4-5-7-22(17)30-25(33)26(34)31-28-15-18-14-19(27)8-13-23(18)36-16-24(32)29-20-9-11-21(35-2)12-10-20/h4-15H,3,16H2,1-2H3,(H,29,32)(H,30,33)(H,31,34)/b28-15-. The van der Waals surface area contributed by atoms with Gasteiger partial charge in [0.2, 0.25) is 0 Å². The summed E-state index contributed by atoms with van der Waals surface area (Å²) in [5, 5.41) is 9.17. The van der Waals surface area contributed by atoms with Crippen LogP contribution in [0.5, 0.6) is 11.5 Å². The summed E-state index contributed by atoms with van der Waals surface area (Å²) >= 11 is 3.37. The summed E-state index contributed by atoms with van der Waals surface area (Å²) in [5.41, 5.74) is 4.77. The highest BCUT2D eigenvalue weighted by atomic mass is 79.9. The highest BCUT2D eigenvalue weighted by Gasteiger charge is 2.14. The molecule has 0 aromatic heterocycles. The van der Waals surface area contributed by atoms with Crippen LogP contribution in [0.3, 0.4) is 0 Å². The second kappa shape index (κ2) is 13.1. The number of nitrogens with one attached hydrogen (secondary N) is 3. The van der Waals surface area contributed by atoms with Gasteiger partial charge in [0.25, 0.3) is 5.91 Å². The molecule has 3 rings (SSSR count). The number of carbonyl (C=O) groups excluding carboxylic acids is 3. The van der Waals surface area contributed by atoms with Crippen molar-refractivity contribution >= 4 is 51.2 Å². The van der Waals surface area contributed by atoms with Gasteiger partial charge in [0.15, 0.2) is 6.61 Å². The number of rotatable bonds is 9. The maximum Gasteiger partial charge on any atom is 0.329 e. The number of carbonyl (C=O) groups is 3. The van der Waals surface area contributed by atoms with Gasteiger partial charge >= 0.3 is 11.8 Å². The van der Waals surface area contributed by atoms with E-state index < -0.39 is 11.8 Å². The quantitative estimate of drug-likeness (QED) is 0.209. The normalized spacial score (nSPS) is 10.5. The summed E-state index contributed by atoms with van der Waals surface area (Å²) in [6.07, 6.45) is 2.03. The molecule has 36 heavy (non-hydrogen) atoms. The first-order chi connectivity index (χ1) is 17.4. The summed E-state index contributed by atoms with van der Waals surface area (Å²) < 4.78 is 11.5. The van der Waals surface area contributed by atoms with Crippen LogP contribution in [0.25, 0.3) is 0 Å². The predicted octanol–water partition coefficient (Wildman–Crippen LogP) is 4.13. The number of benzene rings is 3. The van der Waals surface area contributed by atoms with Crippen LogP contribution in [0.2, 0.25) is 0 Å². The lowest BCUT2D eigenvalue weighted by Gasteiger charge is -2.10. The first kappa shape index (κ1) is 26.4. The van der Waals surface area contributed by atoms with Crippen LogP contribution >= 0.6 is 15.9 Å². The van der Waals surface area contributed by atoms with Crippen molar-refractivity contribution in [3.05, 3.63) is 82.3 Å². The molecule has 0 saturated carbocycles. The molecular weight excluding hydrogens is 528 g/mol. The van der Waals surface area contributed by atoms with Crippen molar-refractivity contribution in [3.63, 3.8) is 0 Å². The molecule has 3 amide bonds. The van der Waals surface area contributed by atoms with Crippen LogP contribution in [0.15, 0.2) is 76.3 Å². The zero-order valence-electron chi connectivity index (χ0n) is 19.7. The van der Waals surface area contributed by atoms with Crippen molar-refractivity contribution in [2.75, 3.05) is 24.4 Å². The minimum absolute atomic E-state index is 0.250. The molecule has 10 heteroatoms. The Hall–Kier alpha value is -4.18. The summed E-state index contributed by atoms with van der Waals surface area (Å²) in [6, 6.07) is 19.2. The van der Waals surface area contributed by atoms with Gasteiger partial charge in [-0.1, -0.05) is 41.1 Å². The summed E-state index contributed by atoms with van der Waals surface area (Å²) in [6.45, 7) is 1.70. The molecule has 0 bridgehead atoms. The molecule has 0 aliphatic heterocycles. The fourth-order valence-electron chi connectivity index (χ4n) is 3.11. The van der Waals surface area contributed by atoms with Crippen molar-refractivity contribution in [1.82, 2.24) is 5.43 Å². The smallest absolute Gasteiger partial charge is 0.329 e. The van der Waals surface area contributed by atoms with Gasteiger partial charge in [-0.2, -0.15) is 5.10 Å². The maximum absolute atomic E-state index is 12.3. The lowest BCUT2D eigenvalue weighted by atomic mass is 10.1. The molecule has 0 saturated heterocycles. The second-order valence-electron chi connectivity index (χ2n) is 7.41. The SMILES string of the molecule is CCc1ccccc1NC(=O)C(=O)N/N=C\c1cc(Br)ccc1OCC(=O)Nc1ccc(OC)cc1. The number of nitrogens with zero attached hydrogens (tertiary/aromatic N) is 1. The molecule has 0 fully saturated rings. The average Bonchev–Trinajstić information content (AvgIpc) is 2.88. The zero-order valence-corrected chi connectivity index (χ0v) is 21.3. The average molecular weight is 553 g/mol. The number of para-hydroxylation sites is 1. The molecule has 0 aliphatic carbocycles. The highest BCUT2D eigenvalue weighted by molar-refractivity contribution is 9.10. The third kappa shape index (κ3) is 7.67. The molecule has 0 atom stereocenters. The van der Waals surface area contributed by atoms with E-state index in [4.69, 9.17) is 9.47 Å². The number of ether oxygens (including phenoxy) is 2. The van der Waals surface area contributed by atoms with E-state index in [1.165, 1.54) is 6.21 Å². The van der Waals surface area contributed by atoms with Crippen LogP contribution in [0.1, 0.15) is 18.1 Å². The van der Waals surface area contributed by atoms with Crippen LogP contribution in [-0.2, 0) is 20.8 Å². The number of hydrazone groups is 1. The van der Waals surface area contributed by atoms with E-state index >= 15 is 0 Å². The first-order valence-corrected chi connectivity index (χ1v) is 11.8. The van der Waals surface area contributed by atoms with Gasteiger partial charge in [-0.05, 0) is 60.5 Å². The Morgan fingerprint density at radius 3 is 2.44 bits per heavy atom. The second-order valence-corrected chi connectivity index (χ2v) is 8.33. The minimum atomic E-state index is -0.923. The molecule has 3 aromatic carbocycles. The van der Waals surface area contributed by atoms with E-state index in [9.17, 15) is 14.4 Å². The van der Waals surface area contributed by atoms with Crippen LogP contribution in [0, 0.1) is 0 Å². The molecule has 3 aromatic rings. The number of anilines is 2. The molecule has 0 aliphatic rings. The third-order valence-electron chi connectivity index (χ3n) is 4.93. The van der Waals surface area contributed by atoms with E-state index in [1.54, 1.807) is 61.7 Å². The highest BCUT2D eigenvalue weighted by Crippen LogP contribution is 2.22. The number of halogens is 1. The molecular formula is C26H25BrN4O5. The molecule has 0 spiro atoms. The Labute approximate surface area is 217 Å². The van der Waals surface area contributed by atoms with Crippen molar-refractivity contribution in [1.29, 1.82) is 0 Å². The number of hydrogen-bond donors (Lipinski definition) is 3. The van der Waals surface area contributed by atoms with Gasteiger partial charge in [0.05, 0.1) is 13.3 Å². The van der Waals surface area contributed by atoms with Gasteiger partial charge in [-0.25, -0.2) is 5.43 Å². The lowest BCUT2D eigenvalue weighted by molar-refractivity contribution is -0.136. The van der Waals surface area contributed by atoms with E-state index in [-0.39, 0.29) is 12.5 Å². The summed E-state index contributed by atoms with van der Waals surface area (Å²) in [7, 11) is 1.56. The molecule has 186 valence electrons. The minimum Gasteiger partial charge on any atom is -0.497 e. The van der Waals surface area contributed by atoms with Crippen molar-refractivity contribution in [2.45, 2.75) is 13.3 Å². The number of amides is 3. The van der Waals surface area contributed by atoms with Gasteiger partial charge in [-0.15, -0.1) is 0 Å². The summed E-state index contributed by atoms with van der Waals surface area (Å²) in [5.74, 6) is -1.08. The lowest BCUT2D eigenvalue weighted by Crippen LogP contribution is -2.32. The molecule has 3 N–H and O–H groups in total. The fourth-order valence-corrected chi connectivity index (χ4v) is 3.49. The Morgan fingerprint density at radius 2 is 1.72 bits per heavy atom. The van der Waals surface area contributed by atoms with Crippen molar-refractivity contribution in [3.8, 4) is 11.5 Å². The number of methoxy groups -OCH3 is 1. The van der Waals surface area contributed by atoms with Gasteiger partial charge in [-0.3, -0.25) is 14.4 Å². The Morgan fingerprint density at radius 1 is 0.972 bits per heavy atom. The van der Waals surface area contributed by atoms with Crippen LogP contribution in [0.4, 0.5) is 11.4 Å². The zero-order chi connectivity index (χ0) is 25.9. The van der Waals surface area contributed by atoms with Gasteiger partial charge in [0.1, 0.15) is 11.5 Å². The van der Waals surface area contributed by atoms with E-state index in [0.29, 0.717) is 34.9 Å². The maximum atomic E-state index is 12.3. The Bertz CT molecular complexity index is 1260. The van der Waals surface area contributed by atoms with Gasteiger partial charge in [0, 0.05) is 21.4 Å². The monoisotopic (exact) mass is 552 g/mol. The van der Waals surface area contributed by atoms with E-state index in [2.05, 4.69) is 37.1 Å². The largest absolute Gasteiger partial charge is 0.497 e. The molecule has 0 heterocycles. The first-order valence-electron chi connectivity index (χ1n) is 11.0. The van der Waals surface area contributed by atoms with Crippen LogP contribution < -0.4 is 25.5 Å². The Kier molecular flexibility index (Phi) is 9.58. The van der Waals surface area contributed by atoms with E-state index in [1.807, 2.05) is 19.1 Å². The van der Waals surface area contributed by atoms with Crippen molar-refractivity contribution < 1.29 is 23.9 Å². The van der Waals surface area contributed by atoms with Gasteiger partial charge < -0.3 is 20.1 Å². The molecule has 0 unspecified atom stereocenters. The van der Waals surface area contributed by atoms with Crippen molar-refractivity contribution in [2.24, 2.45) is 5.10 Å². The molecule has 9 nitrogen and oxygen atoms in total. The van der Waals surface area contributed by atoms with E-state index in [0.717, 1.165) is 10.0 Å². The Balaban J connectivity index is 1.57. The fraction of sp³-hybridized carbons (Fsp3) is 0.154. The predicted molar refractivity (Wildman–Crippen MR) is 141 cm³/mol. The number of hydrogen-bond acceptors (Lipinski definition) is 6. The topological polar surface area (TPSA) is 118 Å². The number of aryl methyl sites for hydroxylation is 1. The van der Waals surface area contributed by atoms with Crippen LogP contribution in [-0.4, -0.2) is 37.7 Å².